The molecular weight excluding hydrogens is 646 g/mol. The zero-order chi connectivity index (χ0) is 36.1. The number of amides is 4. The highest BCUT2D eigenvalue weighted by Gasteiger charge is 2.48. The van der Waals surface area contributed by atoms with E-state index in [0.717, 1.165) is 22.9 Å². The lowest BCUT2D eigenvalue weighted by Crippen LogP contribution is -2.56. The summed E-state index contributed by atoms with van der Waals surface area (Å²) in [4.78, 5) is 62.1. The maximum Gasteiger partial charge on any atom is 0.256 e. The van der Waals surface area contributed by atoms with Crippen molar-refractivity contribution in [1.29, 1.82) is 0 Å². The number of methoxy groups -OCH3 is 1. The molecule has 0 aliphatic carbocycles. The van der Waals surface area contributed by atoms with Crippen molar-refractivity contribution in [2.24, 2.45) is 17.8 Å². The second-order valence-electron chi connectivity index (χ2n) is 13.8. The molecule has 0 spiro atoms. The minimum Gasteiger partial charge on any atom is -0.493 e. The van der Waals surface area contributed by atoms with Crippen molar-refractivity contribution in [1.82, 2.24) is 25.4 Å². The van der Waals surface area contributed by atoms with E-state index in [9.17, 15) is 19.2 Å². The Balaban J connectivity index is 1.24. The molecule has 268 valence electrons. The molecule has 4 aromatic rings. The average Bonchev–Trinajstić information content (AvgIpc) is 3.81. The minimum absolute atomic E-state index is 0.0632. The minimum atomic E-state index is -0.735. The number of nitrogens with zero attached hydrogens (tertiary/aromatic N) is 2. The van der Waals surface area contributed by atoms with Crippen molar-refractivity contribution in [3.63, 3.8) is 0 Å². The van der Waals surface area contributed by atoms with E-state index >= 15 is 0 Å². The quantitative estimate of drug-likeness (QED) is 0.198. The molecule has 6 rings (SSSR count). The first-order chi connectivity index (χ1) is 24.7. The lowest BCUT2D eigenvalue weighted by Gasteiger charge is -2.40. The highest BCUT2D eigenvalue weighted by Crippen LogP contribution is 2.38. The second kappa shape index (κ2) is 15.7. The summed E-state index contributed by atoms with van der Waals surface area (Å²) < 4.78 is 11.4. The number of likely N-dealkylation sites (tertiary alicyclic amines) is 2. The topological polar surface area (TPSA) is 133 Å². The van der Waals surface area contributed by atoms with Crippen LogP contribution >= 0.6 is 0 Å². The maximum absolute atomic E-state index is 14.3. The average molecular weight is 694 g/mol. The number of likely N-dealkylation sites (N-methyl/N-ethyl adjacent to an activating group) is 1. The van der Waals surface area contributed by atoms with E-state index in [-0.39, 0.29) is 48.1 Å². The Hall–Kier alpha value is -5.32. The highest BCUT2D eigenvalue weighted by molar-refractivity contribution is 6.06. The van der Waals surface area contributed by atoms with Gasteiger partial charge in [0.15, 0.2) is 11.5 Å². The molecule has 2 fully saturated rings. The van der Waals surface area contributed by atoms with Gasteiger partial charge in [-0.1, -0.05) is 42.5 Å². The Morgan fingerprint density at radius 2 is 1.65 bits per heavy atom. The summed E-state index contributed by atoms with van der Waals surface area (Å²) in [6.45, 7) is 5.14. The van der Waals surface area contributed by atoms with Gasteiger partial charge in [-0.2, -0.15) is 0 Å². The lowest BCUT2D eigenvalue weighted by molar-refractivity contribution is -0.133. The SMILES string of the molecule is CNC(=O)[C@H](CCCc1ccccc1)NC(=O)C1CN(C(=O)c2cccc3cc[nH]c23)CC2CN(C(=O)c3ccc(OC(C)C)c(OC)c3)CC21. The number of nitrogens with one attached hydrogen (secondary N) is 3. The number of hydrogen-bond acceptors (Lipinski definition) is 6. The van der Waals surface area contributed by atoms with Gasteiger partial charge in [-0.25, -0.2) is 0 Å². The fraction of sp³-hybridized carbons (Fsp3) is 0.400. The number of carbonyl (C=O) groups is 4. The van der Waals surface area contributed by atoms with E-state index in [4.69, 9.17) is 9.47 Å². The van der Waals surface area contributed by atoms with Crippen LogP contribution in [0.25, 0.3) is 10.9 Å². The third kappa shape index (κ3) is 7.87. The van der Waals surface area contributed by atoms with Gasteiger partial charge in [-0.3, -0.25) is 19.2 Å². The Bertz CT molecular complexity index is 1870. The van der Waals surface area contributed by atoms with Gasteiger partial charge >= 0.3 is 0 Å². The predicted octanol–water partition coefficient (Wildman–Crippen LogP) is 4.68. The summed E-state index contributed by atoms with van der Waals surface area (Å²) in [6, 6.07) is 22.0. The van der Waals surface area contributed by atoms with Crippen molar-refractivity contribution in [2.75, 3.05) is 40.3 Å². The zero-order valence-corrected chi connectivity index (χ0v) is 29.7. The van der Waals surface area contributed by atoms with E-state index in [2.05, 4.69) is 15.6 Å². The van der Waals surface area contributed by atoms with Crippen LogP contribution in [0.3, 0.4) is 0 Å². The molecule has 51 heavy (non-hydrogen) atoms. The van der Waals surface area contributed by atoms with Gasteiger partial charge in [-0.15, -0.1) is 0 Å². The maximum atomic E-state index is 14.3. The van der Waals surface area contributed by atoms with E-state index < -0.39 is 12.0 Å². The van der Waals surface area contributed by atoms with Crippen LogP contribution in [0.1, 0.15) is 53.0 Å². The Morgan fingerprint density at radius 3 is 2.37 bits per heavy atom. The standard InChI is InChI=1S/C40H47N5O6/c1-25(2)51-34-17-16-28(20-35(34)50-4)39(48)44-21-29-22-45(40(49)30-14-9-13-27-18-19-42-36(27)30)24-32(31(29)23-44)37(46)43-33(38(47)41-3)15-8-12-26-10-6-5-7-11-26/h5-7,9-11,13-14,16-20,25,29,31-33,42H,8,12,15,21-24H2,1-4H3,(H,41,47)(H,43,46)/t29?,31?,32?,33-/m0/s1. The number of para-hydroxylation sites is 1. The summed E-state index contributed by atoms with van der Waals surface area (Å²) in [5.74, 6) is -0.894. The number of benzene rings is 3. The van der Waals surface area contributed by atoms with Crippen LogP contribution in [0.15, 0.2) is 79.0 Å². The molecule has 4 atom stereocenters. The van der Waals surface area contributed by atoms with Gasteiger partial charge in [0.1, 0.15) is 6.04 Å². The third-order valence-corrected chi connectivity index (χ3v) is 10.1. The summed E-state index contributed by atoms with van der Waals surface area (Å²) in [7, 11) is 3.10. The van der Waals surface area contributed by atoms with Crippen molar-refractivity contribution < 1.29 is 28.7 Å². The molecule has 0 bridgehead atoms. The van der Waals surface area contributed by atoms with Gasteiger partial charge in [0.2, 0.25) is 11.8 Å². The van der Waals surface area contributed by atoms with Crippen LogP contribution in [0.5, 0.6) is 11.5 Å². The normalized spacial score (nSPS) is 19.0. The molecule has 11 heteroatoms. The molecule has 1 aromatic heterocycles. The molecular formula is C40H47N5O6. The largest absolute Gasteiger partial charge is 0.493 e. The number of H-pyrrole nitrogens is 1. The van der Waals surface area contributed by atoms with Crippen molar-refractivity contribution in [2.45, 2.75) is 45.3 Å². The fourth-order valence-electron chi connectivity index (χ4n) is 7.53. The first-order valence-electron chi connectivity index (χ1n) is 17.7. The number of aromatic amines is 1. The van der Waals surface area contributed by atoms with Crippen molar-refractivity contribution >= 4 is 34.5 Å². The smallest absolute Gasteiger partial charge is 0.256 e. The van der Waals surface area contributed by atoms with Gasteiger partial charge < -0.3 is 34.9 Å². The van der Waals surface area contributed by atoms with Crippen LogP contribution in [0.2, 0.25) is 0 Å². The van der Waals surface area contributed by atoms with Crippen LogP contribution in [0, 0.1) is 17.8 Å². The Labute approximate surface area is 298 Å². The third-order valence-electron chi connectivity index (χ3n) is 10.1. The van der Waals surface area contributed by atoms with Crippen LogP contribution in [-0.4, -0.2) is 90.9 Å². The summed E-state index contributed by atoms with van der Waals surface area (Å²) >= 11 is 0. The molecule has 4 amide bonds. The molecule has 0 saturated carbocycles. The number of fused-ring (bicyclic) bond motifs is 2. The molecule has 0 radical (unpaired) electrons. The van der Waals surface area contributed by atoms with Crippen LogP contribution in [-0.2, 0) is 16.0 Å². The van der Waals surface area contributed by atoms with Gasteiger partial charge in [0, 0.05) is 50.4 Å². The molecule has 2 saturated heterocycles. The molecule has 3 aromatic carbocycles. The summed E-state index contributed by atoms with van der Waals surface area (Å²) in [5.41, 5.74) is 2.88. The summed E-state index contributed by atoms with van der Waals surface area (Å²) in [5, 5.41) is 6.67. The number of hydrogen-bond donors (Lipinski definition) is 3. The van der Waals surface area contributed by atoms with Gasteiger partial charge in [0.05, 0.1) is 30.2 Å². The molecule has 2 aliphatic rings. The van der Waals surface area contributed by atoms with E-state index in [1.165, 1.54) is 7.11 Å². The van der Waals surface area contributed by atoms with Gasteiger partial charge in [-0.05, 0) is 80.8 Å². The monoisotopic (exact) mass is 693 g/mol. The number of aryl methyl sites for hydroxylation is 1. The number of ether oxygens (including phenoxy) is 2. The van der Waals surface area contributed by atoms with Crippen molar-refractivity contribution in [3.05, 3.63) is 95.7 Å². The first-order valence-corrected chi connectivity index (χ1v) is 17.7. The Morgan fingerprint density at radius 1 is 0.882 bits per heavy atom. The number of piperidine rings is 1. The molecule has 2 aliphatic heterocycles. The predicted molar refractivity (Wildman–Crippen MR) is 195 cm³/mol. The van der Waals surface area contributed by atoms with E-state index in [1.54, 1.807) is 47.3 Å². The van der Waals surface area contributed by atoms with Crippen molar-refractivity contribution in [3.8, 4) is 11.5 Å². The molecule has 3 unspecified atom stereocenters. The van der Waals surface area contributed by atoms with Gasteiger partial charge in [0.25, 0.3) is 11.8 Å². The second-order valence-corrected chi connectivity index (χ2v) is 13.8. The van der Waals surface area contributed by atoms with Crippen LogP contribution in [0.4, 0.5) is 0 Å². The first kappa shape index (κ1) is 35.5. The van der Waals surface area contributed by atoms with Crippen LogP contribution < -0.4 is 20.1 Å². The number of carbonyl (C=O) groups excluding carboxylic acids is 4. The highest BCUT2D eigenvalue weighted by atomic mass is 16.5. The molecule has 11 nitrogen and oxygen atoms in total. The summed E-state index contributed by atoms with van der Waals surface area (Å²) in [6.07, 6.45) is 3.68. The van der Waals surface area contributed by atoms with E-state index in [1.807, 2.05) is 62.4 Å². The Kier molecular flexibility index (Phi) is 10.9. The number of rotatable bonds is 12. The lowest BCUT2D eigenvalue weighted by atomic mass is 9.79. The molecule has 3 N–H and O–H groups in total. The molecule has 3 heterocycles. The zero-order valence-electron chi connectivity index (χ0n) is 29.7. The fourth-order valence-corrected chi connectivity index (χ4v) is 7.53. The number of aromatic nitrogens is 1. The van der Waals surface area contributed by atoms with E-state index in [0.29, 0.717) is 55.1 Å².